The summed E-state index contributed by atoms with van der Waals surface area (Å²) in [5, 5.41) is 0.971. The fraction of sp³-hybridized carbons (Fsp3) is 0.308. The van der Waals surface area contributed by atoms with Gasteiger partial charge in [-0.3, -0.25) is 4.79 Å². The van der Waals surface area contributed by atoms with E-state index in [0.29, 0.717) is 0 Å². The first-order chi connectivity index (χ1) is 7.67. The molecule has 1 aromatic heterocycles. The molecule has 3 heteroatoms. The van der Waals surface area contributed by atoms with Crippen LogP contribution in [0.2, 0.25) is 0 Å². The zero-order valence-corrected chi connectivity index (χ0v) is 9.76. The Kier molecular flexibility index (Phi) is 2.69. The van der Waals surface area contributed by atoms with E-state index in [9.17, 15) is 4.79 Å². The van der Waals surface area contributed by atoms with Crippen molar-refractivity contribution in [1.82, 2.24) is 4.98 Å². The van der Waals surface area contributed by atoms with Crippen molar-refractivity contribution in [2.24, 2.45) is 0 Å². The predicted octanol–water partition coefficient (Wildman–Crippen LogP) is 2.41. The molecule has 0 atom stereocenters. The van der Waals surface area contributed by atoms with Crippen LogP contribution >= 0.6 is 0 Å². The van der Waals surface area contributed by atoms with Gasteiger partial charge in [0, 0.05) is 10.9 Å². The molecular weight excluding hydrogens is 202 g/mol. The summed E-state index contributed by atoms with van der Waals surface area (Å²) >= 11 is 0. The first-order valence-corrected chi connectivity index (χ1v) is 5.37. The molecule has 0 unspecified atom stereocenters. The second-order valence-electron chi connectivity index (χ2n) is 3.85. The smallest absolute Gasteiger partial charge is 0.251 e. The Morgan fingerprint density at radius 2 is 2.12 bits per heavy atom. The lowest BCUT2D eigenvalue weighted by Gasteiger charge is -2.08. The molecule has 16 heavy (non-hydrogen) atoms. The molecule has 0 bridgehead atoms. The third-order valence-electron chi connectivity index (χ3n) is 2.86. The summed E-state index contributed by atoms with van der Waals surface area (Å²) in [6.45, 7) is 3.95. The van der Waals surface area contributed by atoms with E-state index in [0.717, 1.165) is 34.2 Å². The standard InChI is InChI=1S/C13H15NO2/c1-4-9-7-10-11(16-3)6-5-8(2)12(10)14-13(9)15/h5-7H,4H2,1-3H3,(H,14,15). The van der Waals surface area contributed by atoms with Crippen LogP contribution in [0.5, 0.6) is 5.75 Å². The Morgan fingerprint density at radius 3 is 2.75 bits per heavy atom. The highest BCUT2D eigenvalue weighted by Gasteiger charge is 2.07. The largest absolute Gasteiger partial charge is 0.496 e. The molecule has 1 heterocycles. The molecule has 0 aliphatic heterocycles. The molecule has 0 saturated heterocycles. The molecule has 0 amide bonds. The number of H-pyrrole nitrogens is 1. The van der Waals surface area contributed by atoms with E-state index >= 15 is 0 Å². The van der Waals surface area contributed by atoms with E-state index in [4.69, 9.17) is 4.74 Å². The number of aromatic nitrogens is 1. The van der Waals surface area contributed by atoms with Crippen molar-refractivity contribution in [3.63, 3.8) is 0 Å². The third-order valence-corrected chi connectivity index (χ3v) is 2.86. The van der Waals surface area contributed by atoms with Gasteiger partial charge < -0.3 is 9.72 Å². The van der Waals surface area contributed by atoms with Crippen LogP contribution in [-0.2, 0) is 6.42 Å². The highest BCUT2D eigenvalue weighted by atomic mass is 16.5. The Morgan fingerprint density at radius 1 is 1.38 bits per heavy atom. The van der Waals surface area contributed by atoms with Gasteiger partial charge >= 0.3 is 0 Å². The van der Waals surface area contributed by atoms with Crippen LogP contribution in [0.3, 0.4) is 0 Å². The van der Waals surface area contributed by atoms with E-state index < -0.39 is 0 Å². The van der Waals surface area contributed by atoms with Gasteiger partial charge in [0.2, 0.25) is 0 Å². The van der Waals surface area contributed by atoms with Crippen molar-refractivity contribution in [2.45, 2.75) is 20.3 Å². The number of nitrogens with one attached hydrogen (secondary N) is 1. The van der Waals surface area contributed by atoms with E-state index in [-0.39, 0.29) is 5.56 Å². The summed E-state index contributed by atoms with van der Waals surface area (Å²) in [5.74, 6) is 0.798. The molecule has 2 rings (SSSR count). The molecule has 0 aliphatic rings. The van der Waals surface area contributed by atoms with Crippen molar-refractivity contribution in [3.05, 3.63) is 39.7 Å². The molecule has 1 N–H and O–H groups in total. The minimum Gasteiger partial charge on any atom is -0.496 e. The van der Waals surface area contributed by atoms with Crippen molar-refractivity contribution < 1.29 is 4.74 Å². The maximum atomic E-state index is 11.7. The fourth-order valence-electron chi connectivity index (χ4n) is 1.89. The van der Waals surface area contributed by atoms with Gasteiger partial charge in [-0.25, -0.2) is 0 Å². The van der Waals surface area contributed by atoms with Crippen LogP contribution in [0.25, 0.3) is 10.9 Å². The molecule has 2 aromatic rings. The number of rotatable bonds is 2. The van der Waals surface area contributed by atoms with Gasteiger partial charge in [-0.1, -0.05) is 13.0 Å². The summed E-state index contributed by atoms with van der Waals surface area (Å²) in [6, 6.07) is 5.79. The van der Waals surface area contributed by atoms with Crippen LogP contribution in [-0.4, -0.2) is 12.1 Å². The van der Waals surface area contributed by atoms with Crippen molar-refractivity contribution in [3.8, 4) is 5.75 Å². The average molecular weight is 217 g/mol. The summed E-state index contributed by atoms with van der Waals surface area (Å²) < 4.78 is 5.30. The molecule has 0 spiro atoms. The second kappa shape index (κ2) is 4.00. The normalized spacial score (nSPS) is 10.7. The van der Waals surface area contributed by atoms with Crippen LogP contribution in [0.15, 0.2) is 23.0 Å². The van der Waals surface area contributed by atoms with E-state index in [1.54, 1.807) is 7.11 Å². The number of aromatic amines is 1. The highest BCUT2D eigenvalue weighted by Crippen LogP contribution is 2.26. The Hall–Kier alpha value is -1.77. The maximum absolute atomic E-state index is 11.7. The van der Waals surface area contributed by atoms with Crippen molar-refractivity contribution >= 4 is 10.9 Å². The van der Waals surface area contributed by atoms with Crippen LogP contribution in [0.1, 0.15) is 18.1 Å². The van der Waals surface area contributed by atoms with Gasteiger partial charge in [-0.2, -0.15) is 0 Å². The molecular formula is C13H15NO2. The molecule has 0 fully saturated rings. The van der Waals surface area contributed by atoms with Gasteiger partial charge in [0.15, 0.2) is 0 Å². The Bertz CT molecular complexity index is 584. The van der Waals surface area contributed by atoms with Gasteiger partial charge in [0.05, 0.1) is 12.6 Å². The van der Waals surface area contributed by atoms with Crippen LogP contribution < -0.4 is 10.3 Å². The fourth-order valence-corrected chi connectivity index (χ4v) is 1.89. The lowest BCUT2D eigenvalue weighted by molar-refractivity contribution is 0.419. The molecule has 0 saturated carbocycles. The lowest BCUT2D eigenvalue weighted by atomic mass is 10.1. The first-order valence-electron chi connectivity index (χ1n) is 5.37. The average Bonchev–Trinajstić information content (AvgIpc) is 2.30. The zero-order valence-electron chi connectivity index (χ0n) is 9.76. The monoisotopic (exact) mass is 217 g/mol. The van der Waals surface area contributed by atoms with E-state index in [1.165, 1.54) is 0 Å². The SMILES string of the molecule is CCc1cc2c(OC)ccc(C)c2[nH]c1=O. The van der Waals surface area contributed by atoms with Gasteiger partial charge in [-0.05, 0) is 31.0 Å². The summed E-state index contributed by atoms with van der Waals surface area (Å²) in [6.07, 6.45) is 0.725. The minimum atomic E-state index is -0.00801. The number of pyridine rings is 1. The number of hydrogen-bond acceptors (Lipinski definition) is 2. The Labute approximate surface area is 94.1 Å². The third kappa shape index (κ3) is 1.58. The van der Waals surface area contributed by atoms with Crippen molar-refractivity contribution in [1.29, 1.82) is 0 Å². The molecule has 3 nitrogen and oxygen atoms in total. The van der Waals surface area contributed by atoms with Crippen LogP contribution in [0, 0.1) is 6.92 Å². The van der Waals surface area contributed by atoms with Gasteiger partial charge in [-0.15, -0.1) is 0 Å². The lowest BCUT2D eigenvalue weighted by Crippen LogP contribution is -2.12. The number of fused-ring (bicyclic) bond motifs is 1. The molecule has 0 radical (unpaired) electrons. The number of hydrogen-bond donors (Lipinski definition) is 1. The zero-order chi connectivity index (χ0) is 11.7. The van der Waals surface area contributed by atoms with E-state index in [1.807, 2.05) is 32.0 Å². The molecule has 0 aliphatic carbocycles. The maximum Gasteiger partial charge on any atom is 0.251 e. The minimum absolute atomic E-state index is 0.00801. The number of aryl methyl sites for hydroxylation is 2. The first kappa shape index (κ1) is 10.7. The summed E-state index contributed by atoms with van der Waals surface area (Å²) in [4.78, 5) is 14.6. The Balaban J connectivity index is 2.88. The molecule has 84 valence electrons. The summed E-state index contributed by atoms with van der Waals surface area (Å²) in [7, 11) is 1.64. The van der Waals surface area contributed by atoms with Gasteiger partial charge in [0.25, 0.3) is 5.56 Å². The number of benzene rings is 1. The number of ether oxygens (including phenoxy) is 1. The summed E-state index contributed by atoms with van der Waals surface area (Å²) in [5.41, 5.74) is 2.69. The predicted molar refractivity (Wildman–Crippen MR) is 65.2 cm³/mol. The van der Waals surface area contributed by atoms with Crippen molar-refractivity contribution in [2.75, 3.05) is 7.11 Å². The quantitative estimate of drug-likeness (QED) is 0.839. The topological polar surface area (TPSA) is 42.1 Å². The highest BCUT2D eigenvalue weighted by molar-refractivity contribution is 5.88. The second-order valence-corrected chi connectivity index (χ2v) is 3.85. The van der Waals surface area contributed by atoms with Crippen LogP contribution in [0.4, 0.5) is 0 Å². The molecule has 1 aromatic carbocycles. The number of methoxy groups -OCH3 is 1. The van der Waals surface area contributed by atoms with E-state index in [2.05, 4.69) is 4.98 Å². The van der Waals surface area contributed by atoms with Gasteiger partial charge in [0.1, 0.15) is 5.75 Å².